The Labute approximate surface area is 189 Å². The standard InChI is InChI=1S/C24H24F3N5O/c25-24(26,27)19-7-4-8-20(15-19)32-22(18-5-2-1-3-6-18)28-21(29-32)23(33)31-13-11-30(12-14-31)16-17-9-10-17/h1-8,15,17H,9-14,16H2. The molecule has 0 bridgehead atoms. The minimum Gasteiger partial charge on any atom is -0.333 e. The molecule has 2 heterocycles. The van der Waals surface area contributed by atoms with Crippen LogP contribution in [0.4, 0.5) is 13.2 Å². The largest absolute Gasteiger partial charge is 0.416 e. The average Bonchev–Trinajstić information content (AvgIpc) is 3.53. The van der Waals surface area contributed by atoms with Gasteiger partial charge in [-0.05, 0) is 37.0 Å². The van der Waals surface area contributed by atoms with Crippen molar-refractivity contribution >= 4 is 5.91 Å². The van der Waals surface area contributed by atoms with E-state index in [-0.39, 0.29) is 17.4 Å². The van der Waals surface area contributed by atoms with Gasteiger partial charge in [0.2, 0.25) is 5.82 Å². The predicted molar refractivity (Wildman–Crippen MR) is 117 cm³/mol. The number of piperazine rings is 1. The van der Waals surface area contributed by atoms with Crippen molar-refractivity contribution in [3.8, 4) is 17.1 Å². The van der Waals surface area contributed by atoms with Gasteiger partial charge in [0, 0.05) is 38.3 Å². The number of hydrogen-bond donors (Lipinski definition) is 0. The van der Waals surface area contributed by atoms with Gasteiger partial charge in [-0.25, -0.2) is 9.67 Å². The summed E-state index contributed by atoms with van der Waals surface area (Å²) in [5, 5.41) is 4.37. The van der Waals surface area contributed by atoms with Crippen LogP contribution >= 0.6 is 0 Å². The molecular weight excluding hydrogens is 431 g/mol. The monoisotopic (exact) mass is 455 g/mol. The van der Waals surface area contributed by atoms with Crippen LogP contribution in [0, 0.1) is 5.92 Å². The number of carbonyl (C=O) groups excluding carboxylic acids is 1. The van der Waals surface area contributed by atoms with Gasteiger partial charge in [-0.2, -0.15) is 13.2 Å². The van der Waals surface area contributed by atoms with Crippen LogP contribution in [-0.4, -0.2) is 63.2 Å². The number of carbonyl (C=O) groups is 1. The molecule has 1 saturated heterocycles. The van der Waals surface area contributed by atoms with Crippen LogP contribution in [0.25, 0.3) is 17.1 Å². The number of amides is 1. The second-order valence-electron chi connectivity index (χ2n) is 8.62. The summed E-state index contributed by atoms with van der Waals surface area (Å²) in [6.45, 7) is 3.88. The van der Waals surface area contributed by atoms with Gasteiger partial charge in [-0.1, -0.05) is 36.4 Å². The first kappa shape index (κ1) is 21.6. The zero-order valence-corrected chi connectivity index (χ0v) is 18.0. The van der Waals surface area contributed by atoms with Crippen LogP contribution in [0.5, 0.6) is 0 Å². The van der Waals surface area contributed by atoms with Gasteiger partial charge in [0.15, 0.2) is 5.82 Å². The summed E-state index contributed by atoms with van der Waals surface area (Å²) in [6.07, 6.45) is -1.90. The quantitative estimate of drug-likeness (QED) is 0.581. The molecular formula is C24H24F3N5O. The minimum atomic E-state index is -4.48. The smallest absolute Gasteiger partial charge is 0.333 e. The number of aromatic nitrogens is 3. The maximum absolute atomic E-state index is 13.3. The molecule has 0 atom stereocenters. The molecule has 0 radical (unpaired) electrons. The molecule has 0 N–H and O–H groups in total. The lowest BCUT2D eigenvalue weighted by Crippen LogP contribution is -2.49. The molecule has 0 spiro atoms. The third-order valence-electron chi connectivity index (χ3n) is 6.12. The number of alkyl halides is 3. The number of hydrogen-bond acceptors (Lipinski definition) is 4. The molecule has 1 saturated carbocycles. The fourth-order valence-corrected chi connectivity index (χ4v) is 4.11. The van der Waals surface area contributed by atoms with E-state index in [0.717, 1.165) is 37.7 Å². The summed E-state index contributed by atoms with van der Waals surface area (Å²) < 4.78 is 41.2. The Morgan fingerprint density at radius 3 is 2.36 bits per heavy atom. The highest BCUT2D eigenvalue weighted by Gasteiger charge is 2.32. The summed E-state index contributed by atoms with van der Waals surface area (Å²) in [5.41, 5.74) is 0.0781. The van der Waals surface area contributed by atoms with Crippen molar-refractivity contribution in [3.05, 3.63) is 66.0 Å². The number of benzene rings is 2. The van der Waals surface area contributed by atoms with E-state index in [1.54, 1.807) is 29.2 Å². The Hall–Kier alpha value is -3.20. The van der Waals surface area contributed by atoms with E-state index in [1.807, 2.05) is 6.07 Å². The van der Waals surface area contributed by atoms with Crippen LogP contribution in [0.15, 0.2) is 54.6 Å². The van der Waals surface area contributed by atoms with Crippen molar-refractivity contribution in [2.45, 2.75) is 19.0 Å². The first-order valence-electron chi connectivity index (χ1n) is 11.1. The van der Waals surface area contributed by atoms with E-state index in [2.05, 4.69) is 15.0 Å². The second-order valence-corrected chi connectivity index (χ2v) is 8.62. The average molecular weight is 455 g/mol. The molecule has 1 aliphatic carbocycles. The van der Waals surface area contributed by atoms with E-state index in [9.17, 15) is 18.0 Å². The second kappa shape index (κ2) is 8.62. The Bertz CT molecular complexity index is 1130. The predicted octanol–water partition coefficient (Wildman–Crippen LogP) is 4.12. The lowest BCUT2D eigenvalue weighted by atomic mass is 10.2. The van der Waals surface area contributed by atoms with Crippen LogP contribution < -0.4 is 0 Å². The molecule has 2 aromatic carbocycles. The summed E-state index contributed by atoms with van der Waals surface area (Å²) in [4.78, 5) is 21.8. The Kier molecular flexibility index (Phi) is 5.65. The van der Waals surface area contributed by atoms with Gasteiger partial charge in [0.05, 0.1) is 11.3 Å². The fraction of sp³-hybridized carbons (Fsp3) is 0.375. The Morgan fingerprint density at radius 1 is 0.970 bits per heavy atom. The van der Waals surface area contributed by atoms with E-state index >= 15 is 0 Å². The Morgan fingerprint density at radius 2 is 1.70 bits per heavy atom. The van der Waals surface area contributed by atoms with Crippen molar-refractivity contribution in [1.29, 1.82) is 0 Å². The van der Waals surface area contributed by atoms with Crippen molar-refractivity contribution in [2.75, 3.05) is 32.7 Å². The first-order valence-corrected chi connectivity index (χ1v) is 11.1. The van der Waals surface area contributed by atoms with Crippen molar-refractivity contribution in [3.63, 3.8) is 0 Å². The first-order chi connectivity index (χ1) is 15.9. The van der Waals surface area contributed by atoms with Gasteiger partial charge in [0.1, 0.15) is 0 Å². The Balaban J connectivity index is 1.45. The molecule has 5 rings (SSSR count). The molecule has 2 aliphatic rings. The molecule has 9 heteroatoms. The topological polar surface area (TPSA) is 54.3 Å². The molecule has 6 nitrogen and oxygen atoms in total. The molecule has 172 valence electrons. The minimum absolute atomic E-state index is 0.0121. The fourth-order valence-electron chi connectivity index (χ4n) is 4.11. The lowest BCUT2D eigenvalue weighted by molar-refractivity contribution is -0.137. The molecule has 0 unspecified atom stereocenters. The molecule has 2 fully saturated rings. The maximum Gasteiger partial charge on any atom is 0.416 e. The third-order valence-corrected chi connectivity index (χ3v) is 6.12. The van der Waals surface area contributed by atoms with Crippen LogP contribution in [0.2, 0.25) is 0 Å². The van der Waals surface area contributed by atoms with Gasteiger partial charge in [0.25, 0.3) is 5.91 Å². The third kappa shape index (κ3) is 4.78. The zero-order chi connectivity index (χ0) is 23.0. The highest BCUT2D eigenvalue weighted by atomic mass is 19.4. The van der Waals surface area contributed by atoms with Gasteiger partial charge < -0.3 is 4.90 Å². The van der Waals surface area contributed by atoms with Gasteiger partial charge >= 0.3 is 6.18 Å². The SMILES string of the molecule is O=C(c1nc(-c2ccccc2)n(-c2cccc(C(F)(F)F)c2)n1)N1CCN(CC2CC2)CC1. The highest BCUT2D eigenvalue weighted by Crippen LogP contribution is 2.32. The van der Waals surface area contributed by atoms with Crippen LogP contribution in [-0.2, 0) is 6.18 Å². The van der Waals surface area contributed by atoms with Crippen molar-refractivity contribution in [2.24, 2.45) is 5.92 Å². The van der Waals surface area contributed by atoms with Gasteiger partial charge in [-0.3, -0.25) is 9.69 Å². The summed E-state index contributed by atoms with van der Waals surface area (Å²) in [5.74, 6) is 0.807. The molecule has 1 aliphatic heterocycles. The zero-order valence-electron chi connectivity index (χ0n) is 18.0. The molecule has 1 amide bonds. The van der Waals surface area contributed by atoms with Gasteiger partial charge in [-0.15, -0.1) is 5.10 Å². The number of nitrogens with zero attached hydrogens (tertiary/aromatic N) is 5. The maximum atomic E-state index is 13.3. The van der Waals surface area contributed by atoms with E-state index in [0.29, 0.717) is 24.5 Å². The van der Waals surface area contributed by atoms with Crippen molar-refractivity contribution < 1.29 is 18.0 Å². The number of halogens is 3. The number of rotatable bonds is 5. The normalized spacial score (nSPS) is 17.4. The molecule has 3 aromatic rings. The summed E-state index contributed by atoms with van der Waals surface area (Å²) >= 11 is 0. The summed E-state index contributed by atoms with van der Waals surface area (Å²) in [6, 6.07) is 13.9. The molecule has 33 heavy (non-hydrogen) atoms. The van der Waals surface area contributed by atoms with E-state index in [1.165, 1.54) is 29.7 Å². The van der Waals surface area contributed by atoms with Crippen molar-refractivity contribution in [1.82, 2.24) is 24.6 Å². The molecule has 1 aromatic heterocycles. The summed E-state index contributed by atoms with van der Waals surface area (Å²) in [7, 11) is 0. The van der Waals surface area contributed by atoms with E-state index < -0.39 is 11.7 Å². The van der Waals surface area contributed by atoms with Crippen LogP contribution in [0.1, 0.15) is 29.0 Å². The highest BCUT2D eigenvalue weighted by molar-refractivity contribution is 5.91. The van der Waals surface area contributed by atoms with Crippen LogP contribution in [0.3, 0.4) is 0 Å². The lowest BCUT2D eigenvalue weighted by Gasteiger charge is -2.34. The van der Waals surface area contributed by atoms with E-state index in [4.69, 9.17) is 0 Å².